The van der Waals surface area contributed by atoms with Crippen molar-refractivity contribution in [2.75, 3.05) is 33.7 Å². The first kappa shape index (κ1) is 13.5. The lowest BCUT2D eigenvalue weighted by atomic mass is 10.1. The summed E-state index contributed by atoms with van der Waals surface area (Å²) in [5.41, 5.74) is 0.932. The van der Waals surface area contributed by atoms with Crippen LogP contribution in [-0.4, -0.2) is 54.6 Å². The highest BCUT2D eigenvalue weighted by Gasteiger charge is 2.21. The third-order valence-electron chi connectivity index (χ3n) is 3.44. The molecule has 100 valence electrons. The van der Waals surface area contributed by atoms with Crippen molar-refractivity contribution in [3.63, 3.8) is 0 Å². The lowest BCUT2D eigenvalue weighted by molar-refractivity contribution is 0.0700. The summed E-state index contributed by atoms with van der Waals surface area (Å²) in [4.78, 5) is 16.1. The average Bonchev–Trinajstić information content (AvgIpc) is 2.87. The molecule has 1 saturated heterocycles. The molecule has 0 saturated carbocycles. The molecule has 1 N–H and O–H groups in total. The molecule has 1 atom stereocenters. The standard InChI is InChI=1S/C13H20N2O2S/c1-14-5-3-10(7-14)8-15(2)9-11-4-6-18-12(11)13(16)17/h4,6,10H,3,5,7-9H2,1-2H3,(H,16,17). The summed E-state index contributed by atoms with van der Waals surface area (Å²) >= 11 is 1.31. The zero-order chi connectivity index (χ0) is 13.1. The molecule has 0 aromatic carbocycles. The molecule has 18 heavy (non-hydrogen) atoms. The Labute approximate surface area is 112 Å². The Hall–Kier alpha value is -0.910. The highest BCUT2D eigenvalue weighted by atomic mass is 32.1. The zero-order valence-electron chi connectivity index (χ0n) is 10.9. The molecule has 5 heteroatoms. The first-order chi connectivity index (χ1) is 8.56. The topological polar surface area (TPSA) is 43.8 Å². The minimum atomic E-state index is -0.811. The summed E-state index contributed by atoms with van der Waals surface area (Å²) < 4.78 is 0. The van der Waals surface area contributed by atoms with Crippen molar-refractivity contribution in [3.05, 3.63) is 21.9 Å². The molecule has 2 rings (SSSR count). The quantitative estimate of drug-likeness (QED) is 0.885. The van der Waals surface area contributed by atoms with E-state index in [1.165, 1.54) is 24.3 Å². The van der Waals surface area contributed by atoms with E-state index in [1.54, 1.807) is 0 Å². The largest absolute Gasteiger partial charge is 0.477 e. The van der Waals surface area contributed by atoms with Gasteiger partial charge in [-0.2, -0.15) is 0 Å². The molecule has 4 nitrogen and oxygen atoms in total. The summed E-state index contributed by atoms with van der Waals surface area (Å²) in [5.74, 6) is -0.0964. The Balaban J connectivity index is 1.88. The summed E-state index contributed by atoms with van der Waals surface area (Å²) in [6.07, 6.45) is 1.25. The second kappa shape index (κ2) is 5.82. The van der Waals surface area contributed by atoms with Gasteiger partial charge in [-0.3, -0.25) is 0 Å². The van der Waals surface area contributed by atoms with Crippen LogP contribution in [-0.2, 0) is 6.54 Å². The van der Waals surface area contributed by atoms with Gasteiger partial charge >= 0.3 is 5.97 Å². The first-order valence-corrected chi connectivity index (χ1v) is 7.11. The summed E-state index contributed by atoms with van der Waals surface area (Å²) in [6, 6.07) is 1.92. The molecule has 0 amide bonds. The third-order valence-corrected chi connectivity index (χ3v) is 4.38. The van der Waals surface area contributed by atoms with E-state index in [-0.39, 0.29) is 0 Å². The number of carboxylic acids is 1. The van der Waals surface area contributed by atoms with Crippen molar-refractivity contribution < 1.29 is 9.90 Å². The van der Waals surface area contributed by atoms with E-state index >= 15 is 0 Å². The van der Waals surface area contributed by atoms with E-state index in [0.717, 1.165) is 25.2 Å². The Morgan fingerprint density at radius 3 is 3.06 bits per heavy atom. The molecule has 1 aromatic heterocycles. The highest BCUT2D eigenvalue weighted by molar-refractivity contribution is 7.12. The van der Waals surface area contributed by atoms with Gasteiger partial charge in [0.05, 0.1) is 0 Å². The monoisotopic (exact) mass is 268 g/mol. The van der Waals surface area contributed by atoms with Crippen molar-refractivity contribution in [1.29, 1.82) is 0 Å². The lowest BCUT2D eigenvalue weighted by Gasteiger charge is -2.20. The molecule has 0 aliphatic carbocycles. The van der Waals surface area contributed by atoms with Crippen LogP contribution in [0.5, 0.6) is 0 Å². The molecular formula is C13H20N2O2S. The maximum absolute atomic E-state index is 11.0. The minimum absolute atomic E-state index is 0.477. The summed E-state index contributed by atoms with van der Waals surface area (Å²) in [5, 5.41) is 10.9. The van der Waals surface area contributed by atoms with Gasteiger partial charge in [0.25, 0.3) is 0 Å². The molecule has 1 aliphatic rings. The summed E-state index contributed by atoms with van der Waals surface area (Å²) in [7, 11) is 4.23. The number of hydrogen-bond donors (Lipinski definition) is 1. The predicted molar refractivity (Wildman–Crippen MR) is 73.2 cm³/mol. The van der Waals surface area contributed by atoms with Crippen molar-refractivity contribution in [3.8, 4) is 0 Å². The maximum atomic E-state index is 11.0. The van der Waals surface area contributed by atoms with Crippen molar-refractivity contribution in [2.24, 2.45) is 5.92 Å². The molecule has 0 bridgehead atoms. The maximum Gasteiger partial charge on any atom is 0.346 e. The van der Waals surface area contributed by atoms with E-state index in [9.17, 15) is 4.79 Å². The van der Waals surface area contributed by atoms with Crippen LogP contribution >= 0.6 is 11.3 Å². The first-order valence-electron chi connectivity index (χ1n) is 6.23. The van der Waals surface area contributed by atoms with Crippen LogP contribution in [0, 0.1) is 5.92 Å². The van der Waals surface area contributed by atoms with Crippen LogP contribution in [0.1, 0.15) is 21.7 Å². The molecular weight excluding hydrogens is 248 g/mol. The van der Waals surface area contributed by atoms with E-state index in [2.05, 4.69) is 23.9 Å². The molecule has 0 spiro atoms. The van der Waals surface area contributed by atoms with Gasteiger partial charge in [0.15, 0.2) is 0 Å². The normalized spacial score (nSPS) is 20.7. The van der Waals surface area contributed by atoms with Gasteiger partial charge in [-0.15, -0.1) is 11.3 Å². The summed E-state index contributed by atoms with van der Waals surface area (Å²) in [6.45, 7) is 4.10. The van der Waals surface area contributed by atoms with Gasteiger partial charge in [-0.25, -0.2) is 4.79 Å². The van der Waals surface area contributed by atoms with Gasteiger partial charge in [0.2, 0.25) is 0 Å². The van der Waals surface area contributed by atoms with Gasteiger partial charge in [0.1, 0.15) is 4.88 Å². The van der Waals surface area contributed by atoms with Crippen LogP contribution in [0.2, 0.25) is 0 Å². The van der Waals surface area contributed by atoms with Gasteiger partial charge in [-0.1, -0.05) is 0 Å². The number of thiophene rings is 1. The fourth-order valence-electron chi connectivity index (χ4n) is 2.62. The van der Waals surface area contributed by atoms with Crippen LogP contribution in [0.25, 0.3) is 0 Å². The Bertz CT molecular complexity index is 419. The number of carboxylic acid groups (broad SMARTS) is 1. The minimum Gasteiger partial charge on any atom is -0.477 e. The van der Waals surface area contributed by atoms with Crippen molar-refractivity contribution in [1.82, 2.24) is 9.80 Å². The van der Waals surface area contributed by atoms with Crippen LogP contribution in [0.3, 0.4) is 0 Å². The lowest BCUT2D eigenvalue weighted by Crippen LogP contribution is -2.27. The fraction of sp³-hybridized carbons (Fsp3) is 0.615. The van der Waals surface area contributed by atoms with E-state index in [0.29, 0.717) is 10.8 Å². The van der Waals surface area contributed by atoms with Crippen molar-refractivity contribution >= 4 is 17.3 Å². The number of rotatable bonds is 5. The third kappa shape index (κ3) is 3.31. The zero-order valence-corrected chi connectivity index (χ0v) is 11.7. The second-order valence-electron chi connectivity index (χ2n) is 5.19. The number of likely N-dealkylation sites (tertiary alicyclic amines) is 1. The number of hydrogen-bond acceptors (Lipinski definition) is 4. The number of nitrogens with zero attached hydrogens (tertiary/aromatic N) is 2. The molecule has 1 unspecified atom stereocenters. The molecule has 2 heterocycles. The van der Waals surface area contributed by atoms with Gasteiger partial charge < -0.3 is 14.9 Å². The van der Waals surface area contributed by atoms with E-state index < -0.39 is 5.97 Å². The Morgan fingerprint density at radius 1 is 1.67 bits per heavy atom. The smallest absolute Gasteiger partial charge is 0.346 e. The van der Waals surface area contributed by atoms with Crippen LogP contribution in [0.4, 0.5) is 0 Å². The number of carbonyl (C=O) groups is 1. The molecule has 1 aromatic rings. The average molecular weight is 268 g/mol. The molecule has 1 fully saturated rings. The van der Waals surface area contributed by atoms with E-state index in [1.807, 2.05) is 11.4 Å². The van der Waals surface area contributed by atoms with Crippen molar-refractivity contribution in [2.45, 2.75) is 13.0 Å². The fourth-order valence-corrected chi connectivity index (χ4v) is 3.37. The Morgan fingerprint density at radius 2 is 2.44 bits per heavy atom. The SMILES string of the molecule is CN1CCC(CN(C)Cc2ccsc2C(=O)O)C1. The Kier molecular flexibility index (Phi) is 4.37. The molecule has 0 radical (unpaired) electrons. The predicted octanol–water partition coefficient (Wildman–Crippen LogP) is 1.83. The van der Waals surface area contributed by atoms with Crippen LogP contribution in [0.15, 0.2) is 11.4 Å². The number of aromatic carboxylic acids is 1. The van der Waals surface area contributed by atoms with Gasteiger partial charge in [-0.05, 0) is 50.0 Å². The van der Waals surface area contributed by atoms with Gasteiger partial charge in [0, 0.05) is 19.6 Å². The molecule has 1 aliphatic heterocycles. The highest BCUT2D eigenvalue weighted by Crippen LogP contribution is 2.20. The van der Waals surface area contributed by atoms with E-state index in [4.69, 9.17) is 5.11 Å². The second-order valence-corrected chi connectivity index (χ2v) is 6.11. The van der Waals surface area contributed by atoms with Crippen LogP contribution < -0.4 is 0 Å².